The molecule has 7 nitrogen and oxygen atoms in total. The lowest BCUT2D eigenvalue weighted by Crippen LogP contribution is -2.47. The molecule has 0 aromatic heterocycles. The summed E-state index contributed by atoms with van der Waals surface area (Å²) in [7, 11) is -3.22. The molecule has 1 amide bonds. The van der Waals surface area contributed by atoms with E-state index in [9.17, 15) is 18.0 Å². The highest BCUT2D eigenvalue weighted by Crippen LogP contribution is 2.19. The number of carbonyl (C=O) groups is 2. The molecule has 122 valence electrons. The van der Waals surface area contributed by atoms with Crippen molar-refractivity contribution in [2.24, 2.45) is 5.92 Å². The van der Waals surface area contributed by atoms with E-state index in [4.69, 9.17) is 5.11 Å². The fraction of sp³-hybridized carbons (Fsp3) is 0.846. The number of carboxylic acids is 1. The Kier molecular flexibility index (Phi) is 6.60. The zero-order valence-corrected chi connectivity index (χ0v) is 13.4. The lowest BCUT2D eigenvalue weighted by Gasteiger charge is -2.30. The average Bonchev–Trinajstić information content (AvgIpc) is 2.42. The van der Waals surface area contributed by atoms with Crippen LogP contribution < -0.4 is 5.32 Å². The molecule has 0 aliphatic carbocycles. The molecule has 0 bridgehead atoms. The Hall–Kier alpha value is -1.15. The number of nitrogens with one attached hydrogen (secondary N) is 1. The molecule has 1 aliphatic heterocycles. The number of rotatable bonds is 7. The largest absolute Gasteiger partial charge is 0.480 e. The van der Waals surface area contributed by atoms with Gasteiger partial charge in [0.1, 0.15) is 6.04 Å². The minimum Gasteiger partial charge on any atom is -0.480 e. The molecule has 1 unspecified atom stereocenters. The van der Waals surface area contributed by atoms with Crippen LogP contribution in [0.15, 0.2) is 0 Å². The third-order valence-corrected chi connectivity index (χ3v) is 5.06. The van der Waals surface area contributed by atoms with Gasteiger partial charge < -0.3 is 10.4 Å². The molecule has 21 heavy (non-hydrogen) atoms. The Bertz CT molecular complexity index is 469. The smallest absolute Gasteiger partial charge is 0.326 e. The number of piperidine rings is 1. The number of aliphatic carboxylic acids is 1. The molecule has 0 aromatic carbocycles. The minimum atomic E-state index is -3.22. The van der Waals surface area contributed by atoms with Crippen molar-refractivity contribution in [1.29, 1.82) is 0 Å². The van der Waals surface area contributed by atoms with E-state index in [0.717, 1.165) is 19.1 Å². The molecule has 8 heteroatoms. The van der Waals surface area contributed by atoms with Crippen molar-refractivity contribution in [2.45, 2.75) is 45.1 Å². The van der Waals surface area contributed by atoms with Gasteiger partial charge in [-0.25, -0.2) is 17.5 Å². The number of amides is 1. The van der Waals surface area contributed by atoms with Crippen LogP contribution in [0.25, 0.3) is 0 Å². The van der Waals surface area contributed by atoms with Crippen molar-refractivity contribution >= 4 is 21.9 Å². The predicted octanol–water partition coefficient (Wildman–Crippen LogP) is 0.418. The number of unbranched alkanes of at least 4 members (excludes halogenated alkanes) is 1. The van der Waals surface area contributed by atoms with Crippen molar-refractivity contribution in [3.05, 3.63) is 0 Å². The van der Waals surface area contributed by atoms with Crippen LogP contribution in [0.3, 0.4) is 0 Å². The van der Waals surface area contributed by atoms with Gasteiger partial charge in [-0.1, -0.05) is 19.8 Å². The van der Waals surface area contributed by atoms with Crippen molar-refractivity contribution in [1.82, 2.24) is 9.62 Å². The van der Waals surface area contributed by atoms with Gasteiger partial charge in [0.25, 0.3) is 0 Å². The summed E-state index contributed by atoms with van der Waals surface area (Å²) < 4.78 is 24.1. The van der Waals surface area contributed by atoms with E-state index in [0.29, 0.717) is 32.4 Å². The van der Waals surface area contributed by atoms with Crippen LogP contribution in [0.2, 0.25) is 0 Å². The van der Waals surface area contributed by atoms with Crippen molar-refractivity contribution in [2.75, 3.05) is 19.3 Å². The Morgan fingerprint density at radius 3 is 2.33 bits per heavy atom. The van der Waals surface area contributed by atoms with Crippen LogP contribution >= 0.6 is 0 Å². The van der Waals surface area contributed by atoms with Crippen LogP contribution in [0.4, 0.5) is 0 Å². The van der Waals surface area contributed by atoms with Gasteiger partial charge in [0.2, 0.25) is 15.9 Å². The van der Waals surface area contributed by atoms with Gasteiger partial charge in [-0.3, -0.25) is 4.79 Å². The molecule has 2 N–H and O–H groups in total. The number of sulfonamides is 1. The van der Waals surface area contributed by atoms with E-state index in [1.165, 1.54) is 4.31 Å². The molecule has 0 radical (unpaired) electrons. The van der Waals surface area contributed by atoms with Crippen LogP contribution in [-0.4, -0.2) is 55.1 Å². The maximum absolute atomic E-state index is 12.1. The van der Waals surface area contributed by atoms with Gasteiger partial charge >= 0.3 is 5.97 Å². The van der Waals surface area contributed by atoms with Crippen LogP contribution in [0, 0.1) is 5.92 Å². The number of carbonyl (C=O) groups excluding carboxylic acids is 1. The zero-order valence-electron chi connectivity index (χ0n) is 12.5. The first-order valence-corrected chi connectivity index (χ1v) is 9.08. The first-order valence-electron chi connectivity index (χ1n) is 7.24. The standard InChI is InChI=1S/C13H24N2O5S/c1-3-4-5-11(13(17)18)14-12(16)10-6-8-15(9-7-10)21(2,19)20/h10-11H,3-9H2,1-2H3,(H,14,16)(H,17,18). The van der Waals surface area contributed by atoms with Crippen LogP contribution in [0.5, 0.6) is 0 Å². The van der Waals surface area contributed by atoms with Gasteiger partial charge in [-0.15, -0.1) is 0 Å². The summed E-state index contributed by atoms with van der Waals surface area (Å²) >= 11 is 0. The summed E-state index contributed by atoms with van der Waals surface area (Å²) in [6, 6.07) is -0.856. The quantitative estimate of drug-likeness (QED) is 0.707. The second-order valence-corrected chi connectivity index (χ2v) is 7.46. The average molecular weight is 320 g/mol. The highest BCUT2D eigenvalue weighted by Gasteiger charge is 2.30. The summed E-state index contributed by atoms with van der Waals surface area (Å²) in [5, 5.41) is 11.7. The highest BCUT2D eigenvalue weighted by molar-refractivity contribution is 7.88. The molecule has 1 rings (SSSR count). The van der Waals surface area contributed by atoms with Gasteiger partial charge in [0.15, 0.2) is 0 Å². The van der Waals surface area contributed by atoms with Crippen LogP contribution in [0.1, 0.15) is 39.0 Å². The molecule has 0 aromatic rings. The van der Waals surface area contributed by atoms with E-state index >= 15 is 0 Å². The van der Waals surface area contributed by atoms with Crippen molar-refractivity contribution in [3.8, 4) is 0 Å². The molecule has 1 heterocycles. The number of hydrogen-bond donors (Lipinski definition) is 2. The molecular formula is C13H24N2O5S. The monoisotopic (exact) mass is 320 g/mol. The predicted molar refractivity (Wildman–Crippen MR) is 78.2 cm³/mol. The van der Waals surface area contributed by atoms with Gasteiger partial charge in [0.05, 0.1) is 6.26 Å². The van der Waals surface area contributed by atoms with E-state index < -0.39 is 22.0 Å². The van der Waals surface area contributed by atoms with Crippen molar-refractivity contribution < 1.29 is 23.1 Å². The number of nitrogens with zero attached hydrogens (tertiary/aromatic N) is 1. The summed E-state index contributed by atoms with van der Waals surface area (Å²) in [5.74, 6) is -1.62. The van der Waals surface area contributed by atoms with E-state index in [1.807, 2.05) is 6.92 Å². The Labute approximate surface area is 125 Å². The maximum atomic E-state index is 12.1. The third kappa shape index (κ3) is 5.62. The highest BCUT2D eigenvalue weighted by atomic mass is 32.2. The maximum Gasteiger partial charge on any atom is 0.326 e. The lowest BCUT2D eigenvalue weighted by molar-refractivity contribution is -0.142. The lowest BCUT2D eigenvalue weighted by atomic mass is 9.96. The second-order valence-electron chi connectivity index (χ2n) is 5.48. The fourth-order valence-corrected chi connectivity index (χ4v) is 3.28. The van der Waals surface area contributed by atoms with Gasteiger partial charge in [-0.2, -0.15) is 0 Å². The zero-order chi connectivity index (χ0) is 16.0. The molecular weight excluding hydrogens is 296 g/mol. The molecule has 1 fully saturated rings. The molecule has 0 saturated carbocycles. The molecule has 1 saturated heterocycles. The summed E-state index contributed by atoms with van der Waals surface area (Å²) in [5.41, 5.74) is 0. The van der Waals surface area contributed by atoms with Crippen LogP contribution in [-0.2, 0) is 19.6 Å². The molecule has 1 atom stereocenters. The first kappa shape index (κ1) is 17.9. The van der Waals surface area contributed by atoms with Gasteiger partial charge in [-0.05, 0) is 19.3 Å². The second kappa shape index (κ2) is 7.74. The minimum absolute atomic E-state index is 0.286. The fourth-order valence-electron chi connectivity index (χ4n) is 2.40. The number of hydrogen-bond acceptors (Lipinski definition) is 4. The Morgan fingerprint density at radius 2 is 1.90 bits per heavy atom. The summed E-state index contributed by atoms with van der Waals surface area (Å²) in [6.45, 7) is 2.58. The summed E-state index contributed by atoms with van der Waals surface area (Å²) in [6.07, 6.45) is 4.03. The molecule has 0 spiro atoms. The van der Waals surface area contributed by atoms with E-state index in [1.54, 1.807) is 0 Å². The normalized spacial score (nSPS) is 19.1. The third-order valence-electron chi connectivity index (χ3n) is 3.75. The Morgan fingerprint density at radius 1 is 1.33 bits per heavy atom. The van der Waals surface area contributed by atoms with Gasteiger partial charge in [0, 0.05) is 19.0 Å². The molecule has 1 aliphatic rings. The topological polar surface area (TPSA) is 104 Å². The first-order chi connectivity index (χ1) is 9.75. The van der Waals surface area contributed by atoms with E-state index in [-0.39, 0.29) is 11.8 Å². The van der Waals surface area contributed by atoms with E-state index in [2.05, 4.69) is 5.32 Å². The summed E-state index contributed by atoms with van der Waals surface area (Å²) in [4.78, 5) is 23.2. The Balaban J connectivity index is 2.51. The number of carboxylic acid groups (broad SMARTS) is 1. The SMILES string of the molecule is CCCCC(NC(=O)C1CCN(S(C)(=O)=O)CC1)C(=O)O. The van der Waals surface area contributed by atoms with Crippen molar-refractivity contribution in [3.63, 3.8) is 0 Å².